The van der Waals surface area contributed by atoms with Gasteiger partial charge in [-0.15, -0.1) is 13.2 Å². The molecule has 0 bridgehead atoms. The summed E-state index contributed by atoms with van der Waals surface area (Å²) in [5.74, 6) is -0.571. The summed E-state index contributed by atoms with van der Waals surface area (Å²) >= 11 is 0. The predicted octanol–water partition coefficient (Wildman–Crippen LogP) is 3.55. The lowest BCUT2D eigenvalue weighted by Gasteiger charge is -2.32. The van der Waals surface area contributed by atoms with Gasteiger partial charge in [0.25, 0.3) is 5.91 Å². The summed E-state index contributed by atoms with van der Waals surface area (Å²) in [6, 6.07) is 5.01. The molecule has 1 aliphatic heterocycles. The molecule has 1 saturated heterocycles. The van der Waals surface area contributed by atoms with E-state index in [2.05, 4.69) is 20.3 Å². The maximum atomic E-state index is 12.3. The zero-order chi connectivity index (χ0) is 23.1. The third-order valence-corrected chi connectivity index (χ3v) is 4.68. The quantitative estimate of drug-likeness (QED) is 0.671. The minimum atomic E-state index is -4.80. The van der Waals surface area contributed by atoms with Crippen molar-refractivity contribution in [1.82, 2.24) is 15.5 Å². The monoisotopic (exact) mass is 445 g/mol. The van der Waals surface area contributed by atoms with Crippen LogP contribution in [0.2, 0.25) is 0 Å². The van der Waals surface area contributed by atoms with Crippen molar-refractivity contribution >= 4 is 12.0 Å². The lowest BCUT2D eigenvalue weighted by molar-refractivity contribution is -0.274. The van der Waals surface area contributed by atoms with Gasteiger partial charge in [-0.25, -0.2) is 4.79 Å². The third-order valence-electron chi connectivity index (χ3n) is 4.68. The van der Waals surface area contributed by atoms with Crippen molar-refractivity contribution in [2.24, 2.45) is 5.92 Å². The summed E-state index contributed by atoms with van der Waals surface area (Å²) in [5.41, 5.74) is -0.410. The summed E-state index contributed by atoms with van der Waals surface area (Å²) in [6.45, 7) is 8.76. The van der Waals surface area contributed by atoms with Gasteiger partial charge in [-0.05, 0) is 70.8 Å². The minimum absolute atomic E-state index is 0.118. The van der Waals surface area contributed by atoms with Gasteiger partial charge in [-0.1, -0.05) is 6.07 Å². The molecule has 0 spiro atoms. The Bertz CT molecular complexity index is 742. The number of rotatable bonds is 7. The number of likely N-dealkylation sites (tertiary alicyclic amines) is 1. The molecule has 1 aromatic carbocycles. The Kier molecular flexibility index (Phi) is 8.55. The maximum Gasteiger partial charge on any atom is 0.573 e. The highest BCUT2D eigenvalue weighted by molar-refractivity contribution is 5.94. The summed E-state index contributed by atoms with van der Waals surface area (Å²) in [7, 11) is 0. The van der Waals surface area contributed by atoms with Crippen LogP contribution < -0.4 is 15.4 Å². The van der Waals surface area contributed by atoms with E-state index in [-0.39, 0.29) is 11.5 Å². The molecular formula is C21H30F3N3O4. The third kappa shape index (κ3) is 9.91. The second-order valence-electron chi connectivity index (χ2n) is 8.50. The summed E-state index contributed by atoms with van der Waals surface area (Å²) in [6.07, 6.45) is -3.48. The maximum absolute atomic E-state index is 12.3. The Balaban J connectivity index is 1.67. The van der Waals surface area contributed by atoms with Crippen LogP contribution in [0, 0.1) is 5.92 Å². The van der Waals surface area contributed by atoms with Crippen molar-refractivity contribution in [2.75, 3.05) is 32.7 Å². The van der Waals surface area contributed by atoms with Crippen LogP contribution in [0.25, 0.3) is 0 Å². The van der Waals surface area contributed by atoms with E-state index in [9.17, 15) is 22.8 Å². The minimum Gasteiger partial charge on any atom is -0.444 e. The number of nitrogens with one attached hydrogen (secondary N) is 2. The van der Waals surface area contributed by atoms with Crippen LogP contribution >= 0.6 is 0 Å². The predicted molar refractivity (Wildman–Crippen MR) is 109 cm³/mol. The first-order chi connectivity index (χ1) is 14.4. The summed E-state index contributed by atoms with van der Waals surface area (Å²) in [5, 5.41) is 5.52. The fourth-order valence-electron chi connectivity index (χ4n) is 3.22. The van der Waals surface area contributed by atoms with Crippen molar-refractivity contribution in [3.8, 4) is 5.75 Å². The second kappa shape index (κ2) is 10.7. The van der Waals surface area contributed by atoms with Gasteiger partial charge in [0.05, 0.1) is 0 Å². The van der Waals surface area contributed by atoms with Gasteiger partial charge in [0.1, 0.15) is 11.4 Å². The van der Waals surface area contributed by atoms with Gasteiger partial charge in [-0.3, -0.25) is 4.79 Å². The Morgan fingerprint density at radius 2 is 1.81 bits per heavy atom. The van der Waals surface area contributed by atoms with E-state index in [4.69, 9.17) is 4.74 Å². The van der Waals surface area contributed by atoms with Crippen LogP contribution in [0.3, 0.4) is 0 Å². The number of carbonyl (C=O) groups excluding carboxylic acids is 2. The van der Waals surface area contributed by atoms with Crippen LogP contribution in [0.4, 0.5) is 18.0 Å². The first kappa shape index (κ1) is 24.8. The number of piperidine rings is 1. The van der Waals surface area contributed by atoms with E-state index in [1.807, 2.05) is 20.8 Å². The number of amides is 2. The molecule has 2 N–H and O–H groups in total. The van der Waals surface area contributed by atoms with Gasteiger partial charge in [-0.2, -0.15) is 0 Å². The van der Waals surface area contributed by atoms with Crippen LogP contribution in [0.1, 0.15) is 44.0 Å². The number of benzene rings is 1. The molecule has 10 heteroatoms. The molecule has 0 radical (unpaired) electrons. The SMILES string of the molecule is CC(C)(C)OC(=O)NCCN1CCC(CNC(=O)c2cccc(OC(F)(F)F)c2)CC1. The number of alkyl halides is 3. The lowest BCUT2D eigenvalue weighted by Crippen LogP contribution is -2.42. The number of carbonyl (C=O) groups is 2. The normalized spacial score (nSPS) is 15.9. The first-order valence-corrected chi connectivity index (χ1v) is 10.2. The number of hydrogen-bond donors (Lipinski definition) is 2. The number of halogens is 3. The number of alkyl carbamates (subject to hydrolysis) is 1. The van der Waals surface area contributed by atoms with E-state index in [1.54, 1.807) is 0 Å². The molecule has 7 nitrogen and oxygen atoms in total. The van der Waals surface area contributed by atoms with E-state index in [0.29, 0.717) is 19.6 Å². The zero-order valence-corrected chi connectivity index (χ0v) is 18.1. The van der Waals surface area contributed by atoms with Gasteiger partial charge in [0.15, 0.2) is 0 Å². The zero-order valence-electron chi connectivity index (χ0n) is 18.1. The fraction of sp³-hybridized carbons (Fsp3) is 0.619. The fourth-order valence-corrected chi connectivity index (χ4v) is 3.22. The highest BCUT2D eigenvalue weighted by Gasteiger charge is 2.31. The number of hydrogen-bond acceptors (Lipinski definition) is 5. The Morgan fingerprint density at radius 3 is 2.42 bits per heavy atom. The van der Waals surface area contributed by atoms with Crippen molar-refractivity contribution < 1.29 is 32.2 Å². The Morgan fingerprint density at radius 1 is 1.13 bits per heavy atom. The molecule has 2 rings (SSSR count). The molecule has 1 aliphatic rings. The number of ether oxygens (including phenoxy) is 2. The van der Waals surface area contributed by atoms with Crippen molar-refractivity contribution in [3.63, 3.8) is 0 Å². The molecule has 0 aliphatic carbocycles. The highest BCUT2D eigenvalue weighted by Crippen LogP contribution is 2.23. The second-order valence-corrected chi connectivity index (χ2v) is 8.50. The number of nitrogens with zero attached hydrogens (tertiary/aromatic N) is 1. The molecule has 2 amide bonds. The summed E-state index contributed by atoms with van der Waals surface area (Å²) < 4.78 is 46.0. The average Bonchev–Trinajstić information content (AvgIpc) is 2.64. The molecule has 0 atom stereocenters. The lowest BCUT2D eigenvalue weighted by atomic mass is 9.96. The van der Waals surface area contributed by atoms with Crippen molar-refractivity contribution in [1.29, 1.82) is 0 Å². The van der Waals surface area contributed by atoms with Gasteiger partial charge >= 0.3 is 12.5 Å². The molecule has 1 aromatic rings. The van der Waals surface area contributed by atoms with Crippen molar-refractivity contribution in [3.05, 3.63) is 29.8 Å². The highest BCUT2D eigenvalue weighted by atomic mass is 19.4. The molecular weight excluding hydrogens is 415 g/mol. The van der Waals surface area contributed by atoms with Crippen molar-refractivity contribution in [2.45, 2.75) is 45.6 Å². The Labute approximate surface area is 180 Å². The van der Waals surface area contributed by atoms with E-state index in [0.717, 1.165) is 38.1 Å². The van der Waals surface area contributed by atoms with Crippen LogP contribution in [-0.4, -0.2) is 61.6 Å². The molecule has 174 valence electrons. The van der Waals surface area contributed by atoms with E-state index >= 15 is 0 Å². The summed E-state index contributed by atoms with van der Waals surface area (Å²) in [4.78, 5) is 26.1. The topological polar surface area (TPSA) is 79.9 Å². The van der Waals surface area contributed by atoms with E-state index in [1.165, 1.54) is 12.1 Å². The van der Waals surface area contributed by atoms with Crippen LogP contribution in [-0.2, 0) is 4.74 Å². The average molecular weight is 445 g/mol. The molecule has 0 aromatic heterocycles. The molecule has 1 fully saturated rings. The molecule has 1 heterocycles. The van der Waals surface area contributed by atoms with E-state index < -0.39 is 29.7 Å². The first-order valence-electron chi connectivity index (χ1n) is 10.2. The molecule has 0 unspecified atom stereocenters. The largest absolute Gasteiger partial charge is 0.573 e. The molecule has 31 heavy (non-hydrogen) atoms. The Hall–Kier alpha value is -2.49. The van der Waals surface area contributed by atoms with Crippen LogP contribution in [0.5, 0.6) is 5.75 Å². The van der Waals surface area contributed by atoms with Crippen LogP contribution in [0.15, 0.2) is 24.3 Å². The van der Waals surface area contributed by atoms with Gasteiger partial charge in [0.2, 0.25) is 0 Å². The van der Waals surface area contributed by atoms with Gasteiger partial charge in [0, 0.05) is 25.2 Å². The standard InChI is InChI=1S/C21H30F3N3O4/c1-20(2,3)31-19(29)25-9-12-27-10-7-15(8-11-27)14-26-18(28)16-5-4-6-17(13-16)30-21(22,23)24/h4-6,13,15H,7-12,14H2,1-3H3,(H,25,29)(H,26,28). The van der Waals surface area contributed by atoms with Gasteiger partial charge < -0.3 is 25.0 Å². The molecule has 0 saturated carbocycles. The smallest absolute Gasteiger partial charge is 0.444 e.